The zero-order valence-electron chi connectivity index (χ0n) is 8.89. The van der Waals surface area contributed by atoms with E-state index in [1.54, 1.807) is 6.92 Å². The first-order valence-corrected chi connectivity index (χ1v) is 4.61. The summed E-state index contributed by atoms with van der Waals surface area (Å²) in [5, 5.41) is 0. The van der Waals surface area contributed by atoms with E-state index in [1.165, 1.54) is 0 Å². The Labute approximate surface area is 79.8 Å². The Morgan fingerprint density at radius 1 is 1.62 bits per heavy atom. The van der Waals surface area contributed by atoms with Crippen LogP contribution in [-0.4, -0.2) is 18.1 Å². The summed E-state index contributed by atoms with van der Waals surface area (Å²) in [6, 6.07) is 0. The molecule has 0 aromatic heterocycles. The van der Waals surface area contributed by atoms with Gasteiger partial charge in [-0.05, 0) is 19.3 Å². The monoisotopic (exact) mass is 188 g/mol. The van der Waals surface area contributed by atoms with Crippen LogP contribution in [0.25, 0.3) is 0 Å². The molecule has 1 unspecified atom stereocenters. The third-order valence-electron chi connectivity index (χ3n) is 1.83. The lowest BCUT2D eigenvalue weighted by molar-refractivity contribution is -0.139. The lowest BCUT2D eigenvalue weighted by Crippen LogP contribution is -2.51. The number of carbonyl (C=O) groups is 1. The van der Waals surface area contributed by atoms with Gasteiger partial charge in [0.1, 0.15) is 0 Å². The SMILES string of the molecule is CCC(C)(N)C(=O)NOCC(C)C. The fourth-order valence-electron chi connectivity index (χ4n) is 0.551. The highest BCUT2D eigenvalue weighted by molar-refractivity contribution is 5.84. The highest BCUT2D eigenvalue weighted by atomic mass is 16.7. The Morgan fingerprint density at radius 3 is 2.54 bits per heavy atom. The summed E-state index contributed by atoms with van der Waals surface area (Å²) in [6.07, 6.45) is 0.587. The second kappa shape index (κ2) is 5.19. The van der Waals surface area contributed by atoms with Gasteiger partial charge in [0.05, 0.1) is 12.1 Å². The maximum Gasteiger partial charge on any atom is 0.263 e. The highest BCUT2D eigenvalue weighted by Crippen LogP contribution is 2.04. The van der Waals surface area contributed by atoms with Crippen LogP contribution < -0.4 is 11.2 Å². The minimum atomic E-state index is -0.836. The molecule has 0 aromatic rings. The Bertz CT molecular complexity index is 167. The number of carbonyl (C=O) groups excluding carboxylic acids is 1. The Morgan fingerprint density at radius 2 is 2.15 bits per heavy atom. The third-order valence-corrected chi connectivity index (χ3v) is 1.83. The van der Waals surface area contributed by atoms with Crippen LogP contribution in [0.3, 0.4) is 0 Å². The van der Waals surface area contributed by atoms with Gasteiger partial charge in [0.2, 0.25) is 0 Å². The minimum Gasteiger partial charge on any atom is -0.318 e. The van der Waals surface area contributed by atoms with Crippen LogP contribution in [0.5, 0.6) is 0 Å². The molecule has 0 heterocycles. The van der Waals surface area contributed by atoms with E-state index in [0.717, 1.165) is 0 Å². The van der Waals surface area contributed by atoms with Crippen LogP contribution in [0.1, 0.15) is 34.1 Å². The largest absolute Gasteiger partial charge is 0.318 e. The molecule has 0 aliphatic heterocycles. The molecule has 4 nitrogen and oxygen atoms in total. The lowest BCUT2D eigenvalue weighted by atomic mass is 10.0. The second-order valence-electron chi connectivity index (χ2n) is 3.91. The Balaban J connectivity index is 3.75. The normalized spacial score (nSPS) is 15.5. The van der Waals surface area contributed by atoms with Crippen LogP contribution in [0.4, 0.5) is 0 Å². The molecule has 0 saturated heterocycles. The topological polar surface area (TPSA) is 64.4 Å². The van der Waals surface area contributed by atoms with Crippen LogP contribution >= 0.6 is 0 Å². The molecular formula is C9H20N2O2. The van der Waals surface area contributed by atoms with Crippen molar-refractivity contribution in [3.8, 4) is 0 Å². The molecule has 0 spiro atoms. The molecule has 0 rings (SSSR count). The molecule has 1 amide bonds. The molecule has 0 radical (unpaired) electrons. The van der Waals surface area contributed by atoms with E-state index in [2.05, 4.69) is 5.48 Å². The molecule has 3 N–H and O–H groups in total. The molecule has 1 atom stereocenters. The van der Waals surface area contributed by atoms with Crippen molar-refractivity contribution in [1.29, 1.82) is 0 Å². The average molecular weight is 188 g/mol. The van der Waals surface area contributed by atoms with Gasteiger partial charge in [0.15, 0.2) is 0 Å². The van der Waals surface area contributed by atoms with E-state index in [1.807, 2.05) is 20.8 Å². The van der Waals surface area contributed by atoms with Gasteiger partial charge in [-0.2, -0.15) is 0 Å². The first kappa shape index (κ1) is 12.4. The molecule has 0 fully saturated rings. The minimum absolute atomic E-state index is 0.268. The van der Waals surface area contributed by atoms with Crippen molar-refractivity contribution in [2.45, 2.75) is 39.7 Å². The van der Waals surface area contributed by atoms with Gasteiger partial charge in [-0.1, -0.05) is 20.8 Å². The third kappa shape index (κ3) is 4.85. The second-order valence-corrected chi connectivity index (χ2v) is 3.91. The van der Waals surface area contributed by atoms with Crippen molar-refractivity contribution in [2.24, 2.45) is 11.7 Å². The Kier molecular flexibility index (Phi) is 4.95. The average Bonchev–Trinajstić information content (AvgIpc) is 2.03. The molecule has 0 bridgehead atoms. The van der Waals surface area contributed by atoms with Crippen LogP contribution in [0.2, 0.25) is 0 Å². The van der Waals surface area contributed by atoms with E-state index < -0.39 is 5.54 Å². The molecule has 4 heteroatoms. The molecule has 0 aromatic carbocycles. The molecule has 78 valence electrons. The van der Waals surface area contributed by atoms with Crippen molar-refractivity contribution in [2.75, 3.05) is 6.61 Å². The molecule has 0 aliphatic rings. The van der Waals surface area contributed by atoms with Crippen molar-refractivity contribution >= 4 is 5.91 Å². The smallest absolute Gasteiger partial charge is 0.263 e. The first-order valence-electron chi connectivity index (χ1n) is 4.61. The summed E-state index contributed by atoms with van der Waals surface area (Å²) in [4.78, 5) is 16.3. The van der Waals surface area contributed by atoms with Crippen molar-refractivity contribution in [3.63, 3.8) is 0 Å². The number of rotatable bonds is 5. The van der Waals surface area contributed by atoms with E-state index in [-0.39, 0.29) is 5.91 Å². The number of hydrogen-bond acceptors (Lipinski definition) is 3. The van der Waals surface area contributed by atoms with Crippen molar-refractivity contribution in [3.05, 3.63) is 0 Å². The number of nitrogens with two attached hydrogens (primary N) is 1. The zero-order valence-corrected chi connectivity index (χ0v) is 8.89. The standard InChI is InChI=1S/C9H20N2O2/c1-5-9(4,10)8(12)11-13-6-7(2)3/h7H,5-6,10H2,1-4H3,(H,11,12). The number of hydrogen-bond donors (Lipinski definition) is 2. The summed E-state index contributed by atoms with van der Waals surface area (Å²) in [6.45, 7) is 8.07. The van der Waals surface area contributed by atoms with E-state index in [0.29, 0.717) is 18.9 Å². The van der Waals surface area contributed by atoms with E-state index in [9.17, 15) is 4.79 Å². The molecular weight excluding hydrogens is 168 g/mol. The van der Waals surface area contributed by atoms with Crippen molar-refractivity contribution in [1.82, 2.24) is 5.48 Å². The summed E-state index contributed by atoms with van der Waals surface area (Å²) in [5.74, 6) is 0.126. The maximum atomic E-state index is 11.3. The van der Waals surface area contributed by atoms with Gasteiger partial charge >= 0.3 is 0 Å². The zero-order chi connectivity index (χ0) is 10.5. The van der Waals surface area contributed by atoms with Gasteiger partial charge in [-0.25, -0.2) is 5.48 Å². The van der Waals surface area contributed by atoms with Gasteiger partial charge in [0.25, 0.3) is 5.91 Å². The van der Waals surface area contributed by atoms with Crippen LogP contribution in [0, 0.1) is 5.92 Å². The molecule has 0 saturated carbocycles. The molecule has 0 aliphatic carbocycles. The highest BCUT2D eigenvalue weighted by Gasteiger charge is 2.25. The van der Waals surface area contributed by atoms with Gasteiger partial charge in [-0.3, -0.25) is 9.63 Å². The van der Waals surface area contributed by atoms with Crippen molar-refractivity contribution < 1.29 is 9.63 Å². The van der Waals surface area contributed by atoms with Gasteiger partial charge in [0, 0.05) is 0 Å². The fraction of sp³-hybridized carbons (Fsp3) is 0.889. The predicted octanol–water partition coefficient (Wildman–Crippen LogP) is 0.818. The van der Waals surface area contributed by atoms with Crippen LogP contribution in [-0.2, 0) is 9.63 Å². The van der Waals surface area contributed by atoms with Gasteiger partial charge in [-0.15, -0.1) is 0 Å². The first-order chi connectivity index (χ1) is 5.90. The quantitative estimate of drug-likeness (QED) is 0.628. The fourth-order valence-corrected chi connectivity index (χ4v) is 0.551. The van der Waals surface area contributed by atoms with Crippen LogP contribution in [0.15, 0.2) is 0 Å². The number of nitrogens with one attached hydrogen (secondary N) is 1. The Hall–Kier alpha value is -0.610. The summed E-state index contributed by atoms with van der Waals surface area (Å²) < 4.78 is 0. The number of hydroxylamine groups is 1. The predicted molar refractivity (Wildman–Crippen MR) is 51.8 cm³/mol. The maximum absolute atomic E-state index is 11.3. The lowest BCUT2D eigenvalue weighted by Gasteiger charge is -2.21. The summed E-state index contributed by atoms with van der Waals surface area (Å²) >= 11 is 0. The summed E-state index contributed by atoms with van der Waals surface area (Å²) in [5.41, 5.74) is 7.19. The van der Waals surface area contributed by atoms with E-state index in [4.69, 9.17) is 10.6 Å². The van der Waals surface area contributed by atoms with Gasteiger partial charge < -0.3 is 5.73 Å². The molecule has 13 heavy (non-hydrogen) atoms. The number of amides is 1. The summed E-state index contributed by atoms with van der Waals surface area (Å²) in [7, 11) is 0. The van der Waals surface area contributed by atoms with E-state index >= 15 is 0 Å².